The predicted molar refractivity (Wildman–Crippen MR) is 47.9 cm³/mol. The van der Waals surface area contributed by atoms with Crippen LogP contribution in [0.2, 0.25) is 5.02 Å². The zero-order chi connectivity index (χ0) is 8.39. The van der Waals surface area contributed by atoms with E-state index in [-0.39, 0.29) is 0 Å². The molecule has 1 N–H and O–H groups in total. The normalized spacial score (nSPS) is 22.9. The Bertz CT molecular complexity index is 271. The van der Waals surface area contributed by atoms with Crippen LogP contribution in [0.25, 0.3) is 0 Å². The van der Waals surface area contributed by atoms with Gasteiger partial charge in [0.15, 0.2) is 0 Å². The summed E-state index contributed by atoms with van der Waals surface area (Å²) in [6, 6.07) is 8.16. The lowest BCUT2D eigenvalue weighted by atomic mass is 10.1. The molecule has 1 fully saturated rings. The predicted octanol–water partition coefficient (Wildman–Crippen LogP) is 2.31. The molecule has 64 valence electrons. The summed E-state index contributed by atoms with van der Waals surface area (Å²) in [5, 5.41) is 0.779. The Balaban J connectivity index is 2.21. The summed E-state index contributed by atoms with van der Waals surface area (Å²) in [6.45, 7) is 0.775. The summed E-state index contributed by atoms with van der Waals surface area (Å²) in [4.78, 5) is 5.06. The Hall–Kier alpha value is -0.570. The maximum absolute atomic E-state index is 5.85. The van der Waals surface area contributed by atoms with E-state index in [1.54, 1.807) is 0 Å². The smallest absolute Gasteiger partial charge is 0.0701 e. The third-order valence-corrected chi connectivity index (χ3v) is 2.22. The largest absolute Gasteiger partial charge is 0.301 e. The van der Waals surface area contributed by atoms with E-state index in [4.69, 9.17) is 16.4 Å². The van der Waals surface area contributed by atoms with Crippen molar-refractivity contribution in [3.63, 3.8) is 0 Å². The molecule has 0 aromatic heterocycles. The second kappa shape index (κ2) is 3.44. The van der Waals surface area contributed by atoms with E-state index in [1.807, 2.05) is 18.2 Å². The van der Waals surface area contributed by atoms with Gasteiger partial charge in [0.25, 0.3) is 0 Å². The van der Waals surface area contributed by atoms with Crippen molar-refractivity contribution in [3.05, 3.63) is 34.9 Å². The summed E-state index contributed by atoms with van der Waals surface area (Å²) < 4.78 is 0. The molecule has 3 heteroatoms. The molecule has 0 saturated carbocycles. The van der Waals surface area contributed by atoms with Gasteiger partial charge in [-0.2, -0.15) is 5.48 Å². The van der Waals surface area contributed by atoms with Crippen LogP contribution >= 0.6 is 11.6 Å². The van der Waals surface area contributed by atoms with Crippen molar-refractivity contribution in [2.24, 2.45) is 0 Å². The molecule has 1 aliphatic rings. The second-order valence-corrected chi connectivity index (χ2v) is 3.30. The quantitative estimate of drug-likeness (QED) is 0.722. The van der Waals surface area contributed by atoms with Crippen LogP contribution in [0.1, 0.15) is 18.0 Å². The molecule has 1 heterocycles. The first-order chi connectivity index (χ1) is 5.86. The van der Waals surface area contributed by atoms with Crippen molar-refractivity contribution in [3.8, 4) is 0 Å². The molecule has 0 amide bonds. The van der Waals surface area contributed by atoms with Crippen LogP contribution in [0.15, 0.2) is 24.3 Å². The average Bonchev–Trinajstić information content (AvgIpc) is 2.56. The highest BCUT2D eigenvalue weighted by Crippen LogP contribution is 2.23. The Morgan fingerprint density at radius 1 is 1.50 bits per heavy atom. The summed E-state index contributed by atoms with van der Waals surface area (Å²) in [7, 11) is 0. The van der Waals surface area contributed by atoms with Gasteiger partial charge in [0.05, 0.1) is 12.6 Å². The highest BCUT2D eigenvalue weighted by molar-refractivity contribution is 6.30. The Labute approximate surface area is 76.4 Å². The van der Waals surface area contributed by atoms with E-state index in [9.17, 15) is 0 Å². The van der Waals surface area contributed by atoms with Crippen LogP contribution in [0.4, 0.5) is 0 Å². The fourth-order valence-electron chi connectivity index (χ4n) is 1.35. The summed E-state index contributed by atoms with van der Waals surface area (Å²) in [6.07, 6.45) is 1.01. The Kier molecular flexibility index (Phi) is 2.30. The number of hydrogen-bond donors (Lipinski definition) is 1. The molecule has 1 aromatic rings. The highest BCUT2D eigenvalue weighted by Gasteiger charge is 2.16. The van der Waals surface area contributed by atoms with E-state index in [1.165, 1.54) is 5.56 Å². The molecule has 0 spiro atoms. The molecule has 1 atom stereocenters. The fraction of sp³-hybridized carbons (Fsp3) is 0.333. The lowest BCUT2D eigenvalue weighted by Crippen LogP contribution is -2.10. The minimum atomic E-state index is 0.309. The lowest BCUT2D eigenvalue weighted by Gasteiger charge is -2.08. The topological polar surface area (TPSA) is 21.3 Å². The first-order valence-corrected chi connectivity index (χ1v) is 4.37. The van der Waals surface area contributed by atoms with Crippen LogP contribution in [0.5, 0.6) is 0 Å². The number of hydroxylamine groups is 1. The zero-order valence-electron chi connectivity index (χ0n) is 6.59. The van der Waals surface area contributed by atoms with Gasteiger partial charge in [-0.15, -0.1) is 0 Å². The SMILES string of the molecule is Clc1cccc([C@@H]2CCON2)c1. The summed E-state index contributed by atoms with van der Waals surface area (Å²) in [5.74, 6) is 0. The van der Waals surface area contributed by atoms with Crippen LogP contribution in [-0.4, -0.2) is 6.61 Å². The summed E-state index contributed by atoms with van der Waals surface area (Å²) in [5.41, 5.74) is 4.14. The third kappa shape index (κ3) is 1.61. The molecule has 2 rings (SSSR count). The van der Waals surface area contributed by atoms with Gasteiger partial charge in [-0.05, 0) is 24.1 Å². The van der Waals surface area contributed by atoms with Crippen molar-refractivity contribution >= 4 is 11.6 Å². The fourth-order valence-corrected chi connectivity index (χ4v) is 1.55. The van der Waals surface area contributed by atoms with Crippen molar-refractivity contribution in [1.82, 2.24) is 5.48 Å². The van der Waals surface area contributed by atoms with E-state index in [2.05, 4.69) is 11.5 Å². The first-order valence-electron chi connectivity index (χ1n) is 3.99. The maximum atomic E-state index is 5.85. The minimum Gasteiger partial charge on any atom is -0.301 e. The number of hydrogen-bond acceptors (Lipinski definition) is 2. The van der Waals surface area contributed by atoms with Gasteiger partial charge < -0.3 is 4.84 Å². The first kappa shape index (κ1) is 8.05. The lowest BCUT2D eigenvalue weighted by molar-refractivity contribution is 0.0883. The van der Waals surface area contributed by atoms with Gasteiger partial charge in [-0.1, -0.05) is 23.7 Å². The van der Waals surface area contributed by atoms with E-state index < -0.39 is 0 Å². The highest BCUT2D eigenvalue weighted by atomic mass is 35.5. The van der Waals surface area contributed by atoms with Gasteiger partial charge in [-0.3, -0.25) is 0 Å². The van der Waals surface area contributed by atoms with Gasteiger partial charge in [0.1, 0.15) is 0 Å². The standard InChI is InChI=1S/C9H10ClNO/c10-8-3-1-2-7(6-8)9-4-5-12-11-9/h1-3,6,9,11H,4-5H2/t9-/m0/s1. The molecule has 0 unspecified atom stereocenters. The van der Waals surface area contributed by atoms with Crippen molar-refractivity contribution in [1.29, 1.82) is 0 Å². The van der Waals surface area contributed by atoms with Crippen LogP contribution < -0.4 is 5.48 Å². The zero-order valence-corrected chi connectivity index (χ0v) is 7.34. The molecule has 0 aliphatic carbocycles. The average molecular weight is 184 g/mol. The molecule has 2 nitrogen and oxygen atoms in total. The summed E-state index contributed by atoms with van der Waals surface area (Å²) >= 11 is 5.85. The van der Waals surface area contributed by atoms with Crippen molar-refractivity contribution in [2.75, 3.05) is 6.61 Å². The third-order valence-electron chi connectivity index (χ3n) is 1.99. The number of nitrogens with one attached hydrogen (secondary N) is 1. The van der Waals surface area contributed by atoms with Gasteiger partial charge in [-0.25, -0.2) is 0 Å². The van der Waals surface area contributed by atoms with E-state index >= 15 is 0 Å². The maximum Gasteiger partial charge on any atom is 0.0701 e. The molecule has 1 aromatic carbocycles. The molecule has 1 aliphatic heterocycles. The second-order valence-electron chi connectivity index (χ2n) is 2.86. The van der Waals surface area contributed by atoms with Crippen molar-refractivity contribution < 1.29 is 4.84 Å². The van der Waals surface area contributed by atoms with E-state index in [0.717, 1.165) is 18.1 Å². The van der Waals surface area contributed by atoms with Gasteiger partial charge in [0.2, 0.25) is 0 Å². The molecule has 12 heavy (non-hydrogen) atoms. The minimum absolute atomic E-state index is 0.309. The van der Waals surface area contributed by atoms with Gasteiger partial charge >= 0.3 is 0 Å². The van der Waals surface area contributed by atoms with Crippen LogP contribution in [0, 0.1) is 0 Å². The molecule has 0 radical (unpaired) electrons. The van der Waals surface area contributed by atoms with Crippen LogP contribution in [0.3, 0.4) is 0 Å². The Morgan fingerprint density at radius 2 is 2.42 bits per heavy atom. The molecular formula is C9H10ClNO. The van der Waals surface area contributed by atoms with Crippen LogP contribution in [-0.2, 0) is 4.84 Å². The Morgan fingerprint density at radius 3 is 3.08 bits per heavy atom. The molecular weight excluding hydrogens is 174 g/mol. The van der Waals surface area contributed by atoms with E-state index in [0.29, 0.717) is 6.04 Å². The van der Waals surface area contributed by atoms with Crippen molar-refractivity contribution in [2.45, 2.75) is 12.5 Å². The molecule has 1 saturated heterocycles. The monoisotopic (exact) mass is 183 g/mol. The molecule has 0 bridgehead atoms. The van der Waals surface area contributed by atoms with Gasteiger partial charge in [0, 0.05) is 5.02 Å². The number of benzene rings is 1. The number of rotatable bonds is 1. The number of halogens is 1.